The van der Waals surface area contributed by atoms with Gasteiger partial charge in [-0.2, -0.15) is 0 Å². The fourth-order valence-electron chi connectivity index (χ4n) is 2.41. The number of aromatic nitrogens is 2. The third kappa shape index (κ3) is 2.38. The van der Waals surface area contributed by atoms with Gasteiger partial charge < -0.3 is 5.32 Å². The standard InChI is InChI=1S/C14H14BrN3/c15-14-4-2-1-3-13(14)10-5-11(6-10)18-12-7-16-9-17-8-12/h1-4,7-11,18H,5-6H2. The zero-order chi connectivity index (χ0) is 12.4. The third-order valence-corrected chi connectivity index (χ3v) is 4.14. The van der Waals surface area contributed by atoms with Crippen molar-refractivity contribution in [1.29, 1.82) is 0 Å². The van der Waals surface area contributed by atoms with Crippen LogP contribution in [0.5, 0.6) is 0 Å². The highest BCUT2D eigenvalue weighted by molar-refractivity contribution is 9.10. The Morgan fingerprint density at radius 2 is 1.83 bits per heavy atom. The Morgan fingerprint density at radius 1 is 1.11 bits per heavy atom. The summed E-state index contributed by atoms with van der Waals surface area (Å²) in [6, 6.07) is 9.01. The summed E-state index contributed by atoms with van der Waals surface area (Å²) in [5.41, 5.74) is 2.42. The van der Waals surface area contributed by atoms with Gasteiger partial charge in [-0.25, -0.2) is 9.97 Å². The summed E-state index contributed by atoms with van der Waals surface area (Å²) in [5, 5.41) is 3.46. The summed E-state index contributed by atoms with van der Waals surface area (Å²) in [5.74, 6) is 0.655. The molecule has 0 radical (unpaired) electrons. The minimum atomic E-state index is 0.535. The van der Waals surface area contributed by atoms with Crippen molar-refractivity contribution in [3.63, 3.8) is 0 Å². The average Bonchev–Trinajstić information content (AvgIpc) is 2.36. The molecule has 18 heavy (non-hydrogen) atoms. The normalized spacial score (nSPS) is 22.3. The average molecular weight is 304 g/mol. The van der Waals surface area contributed by atoms with Crippen LogP contribution in [0.2, 0.25) is 0 Å². The Balaban J connectivity index is 1.59. The summed E-state index contributed by atoms with van der Waals surface area (Å²) < 4.78 is 1.22. The molecule has 0 spiro atoms. The van der Waals surface area contributed by atoms with Gasteiger partial charge in [0.1, 0.15) is 6.33 Å². The van der Waals surface area contributed by atoms with Crippen molar-refractivity contribution in [2.75, 3.05) is 5.32 Å². The highest BCUT2D eigenvalue weighted by Crippen LogP contribution is 2.41. The number of rotatable bonds is 3. The first kappa shape index (κ1) is 11.7. The van der Waals surface area contributed by atoms with E-state index in [1.165, 1.54) is 10.0 Å². The van der Waals surface area contributed by atoms with E-state index in [1.807, 2.05) is 12.4 Å². The first-order chi connectivity index (χ1) is 8.83. The Hall–Kier alpha value is -1.42. The second kappa shape index (κ2) is 5.06. The molecule has 1 heterocycles. The molecule has 0 unspecified atom stereocenters. The van der Waals surface area contributed by atoms with Crippen molar-refractivity contribution in [2.45, 2.75) is 24.8 Å². The largest absolute Gasteiger partial charge is 0.380 e. The van der Waals surface area contributed by atoms with Gasteiger partial charge in [0.15, 0.2) is 0 Å². The maximum atomic E-state index is 4.01. The zero-order valence-corrected chi connectivity index (χ0v) is 11.5. The van der Waals surface area contributed by atoms with E-state index in [0.29, 0.717) is 12.0 Å². The maximum absolute atomic E-state index is 4.01. The van der Waals surface area contributed by atoms with Crippen LogP contribution in [0.3, 0.4) is 0 Å². The van der Waals surface area contributed by atoms with Crippen molar-refractivity contribution in [1.82, 2.24) is 9.97 Å². The second-order valence-electron chi connectivity index (χ2n) is 4.66. The van der Waals surface area contributed by atoms with Gasteiger partial charge in [-0.3, -0.25) is 0 Å². The fraction of sp³-hybridized carbons (Fsp3) is 0.286. The summed E-state index contributed by atoms with van der Waals surface area (Å²) in [6.45, 7) is 0. The fourth-order valence-corrected chi connectivity index (χ4v) is 3.01. The zero-order valence-electron chi connectivity index (χ0n) is 9.88. The molecular formula is C14H14BrN3. The van der Waals surface area contributed by atoms with Crippen LogP contribution in [0.1, 0.15) is 24.3 Å². The Labute approximate surface area is 115 Å². The molecule has 0 aliphatic heterocycles. The number of nitrogens with one attached hydrogen (secondary N) is 1. The SMILES string of the molecule is Brc1ccccc1C1CC(Nc2cncnc2)C1. The van der Waals surface area contributed by atoms with E-state index in [0.717, 1.165) is 18.5 Å². The molecule has 1 aliphatic carbocycles. The highest BCUT2D eigenvalue weighted by atomic mass is 79.9. The summed E-state index contributed by atoms with van der Waals surface area (Å²) in [4.78, 5) is 8.01. The van der Waals surface area contributed by atoms with Crippen LogP contribution in [-0.4, -0.2) is 16.0 Å². The molecule has 4 heteroatoms. The van der Waals surface area contributed by atoms with Gasteiger partial charge in [0.05, 0.1) is 18.1 Å². The molecule has 1 aromatic heterocycles. The molecule has 0 bridgehead atoms. The van der Waals surface area contributed by atoms with Crippen molar-refractivity contribution >= 4 is 21.6 Å². The van der Waals surface area contributed by atoms with Gasteiger partial charge in [-0.05, 0) is 30.4 Å². The lowest BCUT2D eigenvalue weighted by atomic mass is 9.76. The van der Waals surface area contributed by atoms with Gasteiger partial charge in [-0.1, -0.05) is 34.1 Å². The Kier molecular flexibility index (Phi) is 3.28. The van der Waals surface area contributed by atoms with E-state index >= 15 is 0 Å². The minimum Gasteiger partial charge on any atom is -0.380 e. The molecule has 1 saturated carbocycles. The van der Waals surface area contributed by atoms with Crippen LogP contribution in [0.4, 0.5) is 5.69 Å². The molecule has 1 fully saturated rings. The molecule has 0 saturated heterocycles. The second-order valence-corrected chi connectivity index (χ2v) is 5.51. The van der Waals surface area contributed by atoms with Crippen LogP contribution in [-0.2, 0) is 0 Å². The predicted molar refractivity (Wildman–Crippen MR) is 75.6 cm³/mol. The maximum Gasteiger partial charge on any atom is 0.115 e. The van der Waals surface area contributed by atoms with Gasteiger partial charge >= 0.3 is 0 Å². The van der Waals surface area contributed by atoms with Crippen LogP contribution >= 0.6 is 15.9 Å². The number of hydrogen-bond acceptors (Lipinski definition) is 3. The predicted octanol–water partition coefficient (Wildman–Crippen LogP) is 3.60. The monoisotopic (exact) mass is 303 g/mol. The van der Waals surface area contributed by atoms with Crippen molar-refractivity contribution < 1.29 is 0 Å². The first-order valence-electron chi connectivity index (χ1n) is 6.09. The highest BCUT2D eigenvalue weighted by Gasteiger charge is 2.31. The van der Waals surface area contributed by atoms with Gasteiger partial charge in [0, 0.05) is 10.5 Å². The third-order valence-electron chi connectivity index (χ3n) is 3.41. The van der Waals surface area contributed by atoms with E-state index in [-0.39, 0.29) is 0 Å². The van der Waals surface area contributed by atoms with Crippen LogP contribution < -0.4 is 5.32 Å². The van der Waals surface area contributed by atoms with Crippen LogP contribution in [0.15, 0.2) is 47.5 Å². The van der Waals surface area contributed by atoms with Crippen LogP contribution in [0.25, 0.3) is 0 Å². The van der Waals surface area contributed by atoms with Gasteiger partial charge in [-0.15, -0.1) is 0 Å². The minimum absolute atomic E-state index is 0.535. The summed E-state index contributed by atoms with van der Waals surface area (Å²) in [7, 11) is 0. The molecule has 3 rings (SSSR count). The van der Waals surface area contributed by atoms with Crippen molar-refractivity contribution in [2.24, 2.45) is 0 Å². The van der Waals surface area contributed by atoms with E-state index in [1.54, 1.807) is 6.33 Å². The molecule has 92 valence electrons. The molecule has 1 aromatic carbocycles. The summed E-state index contributed by atoms with van der Waals surface area (Å²) in [6.07, 6.45) is 7.52. The molecule has 1 aliphatic rings. The topological polar surface area (TPSA) is 37.8 Å². The van der Waals surface area contributed by atoms with Gasteiger partial charge in [0.25, 0.3) is 0 Å². The Morgan fingerprint density at radius 3 is 2.56 bits per heavy atom. The molecule has 2 aromatic rings. The molecule has 0 atom stereocenters. The Bertz CT molecular complexity index is 524. The molecule has 0 amide bonds. The van der Waals surface area contributed by atoms with E-state index in [2.05, 4.69) is 55.5 Å². The first-order valence-corrected chi connectivity index (χ1v) is 6.88. The van der Waals surface area contributed by atoms with Crippen LogP contribution in [0, 0.1) is 0 Å². The smallest absolute Gasteiger partial charge is 0.115 e. The van der Waals surface area contributed by atoms with E-state index < -0.39 is 0 Å². The quantitative estimate of drug-likeness (QED) is 0.941. The molecule has 3 nitrogen and oxygen atoms in total. The number of nitrogens with zero attached hydrogens (tertiary/aromatic N) is 2. The van der Waals surface area contributed by atoms with E-state index in [9.17, 15) is 0 Å². The number of benzene rings is 1. The molecule has 1 N–H and O–H groups in total. The van der Waals surface area contributed by atoms with Gasteiger partial charge in [0.2, 0.25) is 0 Å². The lowest BCUT2D eigenvalue weighted by molar-refractivity contribution is 0.373. The lowest BCUT2D eigenvalue weighted by Gasteiger charge is -2.37. The lowest BCUT2D eigenvalue weighted by Crippen LogP contribution is -2.34. The summed E-state index contributed by atoms with van der Waals surface area (Å²) >= 11 is 3.62. The number of halogens is 1. The van der Waals surface area contributed by atoms with Crippen molar-refractivity contribution in [3.05, 3.63) is 53.0 Å². The van der Waals surface area contributed by atoms with Crippen molar-refractivity contribution in [3.8, 4) is 0 Å². The van der Waals surface area contributed by atoms with E-state index in [4.69, 9.17) is 0 Å². The number of hydrogen-bond donors (Lipinski definition) is 1. The number of anilines is 1. The molecular weight excluding hydrogens is 290 g/mol.